The Morgan fingerprint density at radius 2 is 0.807 bits per heavy atom. The van der Waals surface area contributed by atoms with Gasteiger partial charge in [0.15, 0.2) is 0 Å². The van der Waals surface area contributed by atoms with E-state index in [1.165, 1.54) is 21.5 Å². The summed E-state index contributed by atoms with van der Waals surface area (Å²) in [6, 6.07) is 66.7. The lowest BCUT2D eigenvalue weighted by Crippen LogP contribution is -2.09. The summed E-state index contributed by atoms with van der Waals surface area (Å²) in [7, 11) is 0. The van der Waals surface area contributed by atoms with E-state index >= 15 is 0 Å². The second-order valence-corrected chi connectivity index (χ2v) is 14.8. The maximum Gasteiger partial charge on any atom is 0.137 e. The van der Waals surface area contributed by atoms with Gasteiger partial charge in [-0.3, -0.25) is 4.98 Å². The number of rotatable bonds is 5. The van der Waals surface area contributed by atoms with Gasteiger partial charge in [-0.05, 0) is 104 Å². The van der Waals surface area contributed by atoms with Crippen LogP contribution in [-0.4, -0.2) is 4.98 Å². The smallest absolute Gasteiger partial charge is 0.137 e. The highest BCUT2D eigenvalue weighted by atomic mass is 16.3. The van der Waals surface area contributed by atoms with Crippen LogP contribution in [0.15, 0.2) is 203 Å². The molecule has 0 spiro atoms. The van der Waals surface area contributed by atoms with Crippen molar-refractivity contribution >= 4 is 93.4 Å². The third-order valence-electron chi connectivity index (χ3n) is 11.5. The average molecular weight is 729 g/mol. The van der Waals surface area contributed by atoms with Gasteiger partial charge < -0.3 is 13.7 Å². The number of anilines is 3. The molecule has 0 amide bonds. The summed E-state index contributed by atoms with van der Waals surface area (Å²) in [4.78, 5) is 6.84. The molecule has 3 heterocycles. The van der Waals surface area contributed by atoms with Gasteiger partial charge in [-0.15, -0.1) is 0 Å². The number of nitrogens with zero attached hydrogens (tertiary/aromatic N) is 2. The largest absolute Gasteiger partial charge is 0.456 e. The number of fused-ring (bicyclic) bond motifs is 11. The Labute approximate surface area is 327 Å². The van der Waals surface area contributed by atoms with E-state index < -0.39 is 0 Å². The number of aromatic nitrogens is 1. The van der Waals surface area contributed by atoms with Crippen molar-refractivity contribution in [1.82, 2.24) is 4.98 Å². The molecule has 0 N–H and O–H groups in total. The molecule has 266 valence electrons. The zero-order chi connectivity index (χ0) is 37.5. The molecule has 0 aliphatic carbocycles. The van der Waals surface area contributed by atoms with Gasteiger partial charge >= 0.3 is 0 Å². The summed E-state index contributed by atoms with van der Waals surface area (Å²) in [6.45, 7) is 0. The van der Waals surface area contributed by atoms with Crippen LogP contribution in [0.3, 0.4) is 0 Å². The van der Waals surface area contributed by atoms with Gasteiger partial charge in [0.25, 0.3) is 0 Å². The van der Waals surface area contributed by atoms with Crippen LogP contribution in [-0.2, 0) is 0 Å². The molecule has 57 heavy (non-hydrogen) atoms. The molecule has 0 bridgehead atoms. The zero-order valence-electron chi connectivity index (χ0n) is 30.7. The summed E-state index contributed by atoms with van der Waals surface area (Å²) in [5.41, 5.74) is 12.1. The monoisotopic (exact) mass is 728 g/mol. The maximum absolute atomic E-state index is 6.57. The third kappa shape index (κ3) is 5.12. The first kappa shape index (κ1) is 31.6. The molecule has 0 saturated carbocycles. The van der Waals surface area contributed by atoms with Gasteiger partial charge in [-0.2, -0.15) is 0 Å². The molecule has 0 atom stereocenters. The van der Waals surface area contributed by atoms with Gasteiger partial charge in [0.05, 0.1) is 5.52 Å². The topological polar surface area (TPSA) is 42.4 Å². The molecule has 0 aliphatic heterocycles. The van der Waals surface area contributed by atoms with E-state index in [1.54, 1.807) is 0 Å². The van der Waals surface area contributed by atoms with Crippen LogP contribution >= 0.6 is 0 Å². The van der Waals surface area contributed by atoms with Gasteiger partial charge in [0.1, 0.15) is 22.3 Å². The number of hydrogen-bond acceptors (Lipinski definition) is 4. The second kappa shape index (κ2) is 12.4. The Morgan fingerprint density at radius 1 is 0.333 bits per heavy atom. The minimum Gasteiger partial charge on any atom is -0.456 e. The van der Waals surface area contributed by atoms with E-state index in [2.05, 4.69) is 192 Å². The highest BCUT2D eigenvalue weighted by Gasteiger charge is 2.19. The molecular weight excluding hydrogens is 697 g/mol. The van der Waals surface area contributed by atoms with E-state index in [9.17, 15) is 0 Å². The van der Waals surface area contributed by atoms with E-state index in [0.717, 1.165) is 94.1 Å². The third-order valence-corrected chi connectivity index (χ3v) is 11.5. The lowest BCUT2D eigenvalue weighted by Gasteiger charge is -2.25. The van der Waals surface area contributed by atoms with Crippen molar-refractivity contribution in [3.8, 4) is 22.3 Å². The number of furan rings is 2. The van der Waals surface area contributed by atoms with Gasteiger partial charge in [-0.1, -0.05) is 115 Å². The molecule has 3 aromatic heterocycles. The normalized spacial score (nSPS) is 11.9. The number of pyridine rings is 1. The molecule has 0 unspecified atom stereocenters. The van der Waals surface area contributed by atoms with Gasteiger partial charge in [0, 0.05) is 62.3 Å². The Bertz CT molecular complexity index is 3370. The maximum atomic E-state index is 6.57. The molecule has 0 fully saturated rings. The number of hydrogen-bond donors (Lipinski definition) is 0. The number of benzene rings is 9. The van der Waals surface area contributed by atoms with Crippen LogP contribution < -0.4 is 4.90 Å². The van der Waals surface area contributed by atoms with Crippen molar-refractivity contribution in [2.45, 2.75) is 0 Å². The minimum atomic E-state index is 0.846. The Hall–Kier alpha value is -7.69. The molecule has 0 saturated heterocycles. The molecular formula is C53H32N2O2. The van der Waals surface area contributed by atoms with Gasteiger partial charge in [-0.25, -0.2) is 0 Å². The molecule has 12 rings (SSSR count). The fraction of sp³-hybridized carbons (Fsp3) is 0. The van der Waals surface area contributed by atoms with Crippen LogP contribution in [0, 0.1) is 0 Å². The second-order valence-electron chi connectivity index (χ2n) is 14.8. The first-order valence-electron chi connectivity index (χ1n) is 19.3. The van der Waals surface area contributed by atoms with Crippen molar-refractivity contribution in [2.75, 3.05) is 4.90 Å². The fourth-order valence-electron chi connectivity index (χ4n) is 8.70. The van der Waals surface area contributed by atoms with Gasteiger partial charge in [0.2, 0.25) is 0 Å². The Morgan fingerprint density at radius 3 is 1.40 bits per heavy atom. The molecule has 0 radical (unpaired) electrons. The highest BCUT2D eigenvalue weighted by molar-refractivity contribution is 6.20. The van der Waals surface area contributed by atoms with Crippen molar-refractivity contribution in [2.24, 2.45) is 0 Å². The van der Waals surface area contributed by atoms with Crippen molar-refractivity contribution in [1.29, 1.82) is 0 Å². The average Bonchev–Trinajstić information content (AvgIpc) is 3.85. The Kier molecular flexibility index (Phi) is 6.89. The summed E-state index contributed by atoms with van der Waals surface area (Å²) in [6.07, 6.45) is 1.84. The van der Waals surface area contributed by atoms with Crippen LogP contribution in [0.5, 0.6) is 0 Å². The van der Waals surface area contributed by atoms with Crippen molar-refractivity contribution in [3.63, 3.8) is 0 Å². The SMILES string of the molecule is c1cnc2cc(-c3ccc(-c4ccc(N(c5ccc6c(c5)oc5ccc7ccccc7c56)c5ccc6c(c5)oc5ccc7ccccc7c56)cc4)cc3)ccc2c1. The molecule has 12 aromatic rings. The van der Waals surface area contributed by atoms with Crippen LogP contribution in [0.2, 0.25) is 0 Å². The highest BCUT2D eigenvalue weighted by Crippen LogP contribution is 2.43. The first-order valence-corrected chi connectivity index (χ1v) is 19.3. The summed E-state index contributed by atoms with van der Waals surface area (Å²) in [5.74, 6) is 0. The quantitative estimate of drug-likeness (QED) is 0.177. The Balaban J connectivity index is 0.968. The molecule has 0 aliphatic rings. The summed E-state index contributed by atoms with van der Waals surface area (Å²) < 4.78 is 13.1. The predicted octanol–water partition coefficient (Wildman–Crippen LogP) is 15.1. The molecule has 9 aromatic carbocycles. The zero-order valence-corrected chi connectivity index (χ0v) is 30.7. The van der Waals surface area contributed by atoms with Crippen molar-refractivity contribution in [3.05, 3.63) is 194 Å². The van der Waals surface area contributed by atoms with E-state index in [4.69, 9.17) is 8.83 Å². The van der Waals surface area contributed by atoms with Crippen LogP contribution in [0.1, 0.15) is 0 Å². The molecule has 4 nitrogen and oxygen atoms in total. The summed E-state index contributed by atoms with van der Waals surface area (Å²) in [5, 5.41) is 10.4. The molecule has 4 heteroatoms. The van der Waals surface area contributed by atoms with E-state index in [-0.39, 0.29) is 0 Å². The lowest BCUT2D eigenvalue weighted by molar-refractivity contribution is 0.669. The standard InChI is InChI=1S/C53H32N2O2/c1-3-9-43-36(6-1)19-27-48-52(43)45-25-23-41(31-50(45)56-48)55(42-24-26-46-51(32-42)57-49-28-20-37-7-2-4-10-44(37)53(46)49)40-21-17-34(18-22-40)33-11-13-35(14-12-33)39-16-15-38-8-5-29-54-47(38)30-39/h1-32H. The van der Waals surface area contributed by atoms with Crippen molar-refractivity contribution < 1.29 is 8.83 Å². The van der Waals surface area contributed by atoms with Crippen LogP contribution in [0.4, 0.5) is 17.1 Å². The first-order chi connectivity index (χ1) is 28.2. The van der Waals surface area contributed by atoms with Crippen LogP contribution in [0.25, 0.3) is 98.6 Å². The fourth-order valence-corrected chi connectivity index (χ4v) is 8.70. The van der Waals surface area contributed by atoms with E-state index in [0.29, 0.717) is 0 Å². The van der Waals surface area contributed by atoms with E-state index in [1.807, 2.05) is 12.3 Å². The minimum absolute atomic E-state index is 0.846. The summed E-state index contributed by atoms with van der Waals surface area (Å²) >= 11 is 0. The predicted molar refractivity (Wildman–Crippen MR) is 237 cm³/mol. The lowest BCUT2D eigenvalue weighted by atomic mass is 9.99.